The third-order valence-electron chi connectivity index (χ3n) is 9.68. The number of hydrogen-bond acceptors (Lipinski definition) is 16. The number of halogens is 1. The molecule has 312 valence electrons. The van der Waals surface area contributed by atoms with Gasteiger partial charge in [-0.25, -0.2) is 24.9 Å². The Morgan fingerprint density at radius 3 is 1.61 bits per heavy atom. The molecule has 0 radical (unpaired) electrons. The van der Waals surface area contributed by atoms with E-state index in [0.29, 0.717) is 30.4 Å². The molecule has 0 aliphatic carbocycles. The van der Waals surface area contributed by atoms with Crippen molar-refractivity contribution in [2.75, 3.05) is 97.9 Å². The molecule has 2 aromatic carbocycles. The molecule has 4 aromatic heterocycles. The van der Waals surface area contributed by atoms with Crippen molar-refractivity contribution in [2.45, 2.75) is 12.8 Å². The summed E-state index contributed by atoms with van der Waals surface area (Å²) in [6.45, 7) is 8.38. The SMILES string of the molecule is CN1CCN(c2ccc(N)cn2)CC1.CN1CCN(c2ccc(Nc3nccc(Nc4cccc(CC#N)c4)n3)cn2)CC1.N#CCc1cccc(Nc2ccnc(Cl)n2)c1. The number of nitrogens with zero attached hydrogens (tertiary/aromatic N) is 12. The summed E-state index contributed by atoms with van der Waals surface area (Å²) >= 11 is 5.69. The van der Waals surface area contributed by atoms with Gasteiger partial charge >= 0.3 is 0 Å². The molecular weight excluding hydrogens is 788 g/mol. The van der Waals surface area contributed by atoms with Crippen molar-refractivity contribution < 1.29 is 0 Å². The van der Waals surface area contributed by atoms with Crippen LogP contribution >= 0.6 is 11.6 Å². The highest BCUT2D eigenvalue weighted by atomic mass is 35.5. The second kappa shape index (κ2) is 22.3. The Balaban J connectivity index is 0.000000169. The first-order valence-corrected chi connectivity index (χ1v) is 20.2. The molecule has 0 spiro atoms. The molecule has 2 aliphatic rings. The molecule has 61 heavy (non-hydrogen) atoms. The molecule has 8 rings (SSSR count). The summed E-state index contributed by atoms with van der Waals surface area (Å²) < 4.78 is 0. The fourth-order valence-corrected chi connectivity index (χ4v) is 6.47. The Kier molecular flexibility index (Phi) is 15.9. The third-order valence-corrected chi connectivity index (χ3v) is 9.86. The minimum absolute atomic E-state index is 0.197. The highest BCUT2D eigenvalue weighted by Gasteiger charge is 2.16. The number of nitriles is 2. The molecule has 16 nitrogen and oxygen atoms in total. The number of anilines is 9. The molecule has 0 saturated carbocycles. The normalized spacial score (nSPS) is 13.9. The van der Waals surface area contributed by atoms with Crippen molar-refractivity contribution in [1.29, 1.82) is 10.5 Å². The van der Waals surface area contributed by atoms with E-state index in [-0.39, 0.29) is 5.28 Å². The van der Waals surface area contributed by atoms with E-state index in [9.17, 15) is 0 Å². The van der Waals surface area contributed by atoms with E-state index in [0.717, 1.165) is 97.9 Å². The van der Waals surface area contributed by atoms with Crippen LogP contribution in [0.25, 0.3) is 0 Å². The molecule has 2 fully saturated rings. The summed E-state index contributed by atoms with van der Waals surface area (Å²) in [5.74, 6) is 3.81. The Labute approximate surface area is 361 Å². The summed E-state index contributed by atoms with van der Waals surface area (Å²) in [7, 11) is 4.29. The summed E-state index contributed by atoms with van der Waals surface area (Å²) in [6.07, 6.45) is 7.57. The predicted molar refractivity (Wildman–Crippen MR) is 243 cm³/mol. The topological polar surface area (TPSA) is 200 Å². The van der Waals surface area contributed by atoms with Crippen LogP contribution in [0, 0.1) is 22.7 Å². The van der Waals surface area contributed by atoms with Crippen molar-refractivity contribution in [1.82, 2.24) is 39.7 Å². The van der Waals surface area contributed by atoms with Gasteiger partial charge < -0.3 is 41.3 Å². The van der Waals surface area contributed by atoms with Crippen LogP contribution in [-0.2, 0) is 12.8 Å². The second-order valence-electron chi connectivity index (χ2n) is 14.4. The molecule has 0 amide bonds. The van der Waals surface area contributed by atoms with Crippen molar-refractivity contribution in [3.63, 3.8) is 0 Å². The first kappa shape index (κ1) is 43.5. The third kappa shape index (κ3) is 14.0. The van der Waals surface area contributed by atoms with E-state index in [1.807, 2.05) is 79.0 Å². The van der Waals surface area contributed by atoms with Gasteiger partial charge in [-0.3, -0.25) is 0 Å². The number of piperazine rings is 2. The van der Waals surface area contributed by atoms with Gasteiger partial charge in [0.1, 0.15) is 23.3 Å². The average Bonchev–Trinajstić information content (AvgIpc) is 3.26. The lowest BCUT2D eigenvalue weighted by molar-refractivity contribution is 0.312. The zero-order valence-electron chi connectivity index (χ0n) is 34.3. The minimum atomic E-state index is 0.197. The summed E-state index contributed by atoms with van der Waals surface area (Å²) in [6, 6.07) is 31.0. The first-order chi connectivity index (χ1) is 29.7. The summed E-state index contributed by atoms with van der Waals surface area (Å²) in [5, 5.41) is 27.3. The van der Waals surface area contributed by atoms with E-state index < -0.39 is 0 Å². The molecule has 0 atom stereocenters. The van der Waals surface area contributed by atoms with Crippen LogP contribution in [0.2, 0.25) is 5.28 Å². The van der Waals surface area contributed by atoms with Crippen LogP contribution in [0.3, 0.4) is 0 Å². The molecule has 0 unspecified atom stereocenters. The van der Waals surface area contributed by atoms with E-state index in [4.69, 9.17) is 27.9 Å². The predicted octanol–water partition coefficient (Wildman–Crippen LogP) is 6.53. The molecule has 5 N–H and O–H groups in total. The average molecular weight is 837 g/mol. The number of nitrogen functional groups attached to an aromatic ring is 1. The highest BCUT2D eigenvalue weighted by molar-refractivity contribution is 6.28. The van der Waals surface area contributed by atoms with Crippen LogP contribution in [0.4, 0.5) is 52.0 Å². The lowest BCUT2D eigenvalue weighted by Gasteiger charge is -2.33. The Morgan fingerprint density at radius 2 is 1.11 bits per heavy atom. The van der Waals surface area contributed by atoms with Crippen LogP contribution < -0.4 is 31.5 Å². The summed E-state index contributed by atoms with van der Waals surface area (Å²) in [4.78, 5) is 34.8. The smallest absolute Gasteiger partial charge is 0.229 e. The fourth-order valence-electron chi connectivity index (χ4n) is 6.32. The monoisotopic (exact) mass is 836 g/mol. The highest BCUT2D eigenvalue weighted by Crippen LogP contribution is 2.21. The van der Waals surface area contributed by atoms with Crippen molar-refractivity contribution in [3.8, 4) is 12.1 Å². The van der Waals surface area contributed by atoms with E-state index in [1.54, 1.807) is 30.7 Å². The molecule has 17 heteroatoms. The Hall–Kier alpha value is -7.11. The van der Waals surface area contributed by atoms with E-state index in [1.165, 1.54) is 0 Å². The van der Waals surface area contributed by atoms with Crippen molar-refractivity contribution in [2.24, 2.45) is 0 Å². The van der Waals surface area contributed by atoms with Crippen LogP contribution in [0.5, 0.6) is 0 Å². The molecule has 2 aliphatic heterocycles. The first-order valence-electron chi connectivity index (χ1n) is 19.8. The maximum Gasteiger partial charge on any atom is 0.229 e. The fraction of sp³-hybridized carbons (Fsp3) is 0.273. The Bertz CT molecular complexity index is 2370. The number of nitrogens with one attached hydrogen (secondary N) is 3. The van der Waals surface area contributed by atoms with Crippen LogP contribution in [0.15, 0.2) is 110 Å². The van der Waals surface area contributed by atoms with Gasteiger partial charge in [0.05, 0.1) is 48.7 Å². The number of nitrogens with two attached hydrogens (primary N) is 1. The maximum atomic E-state index is 8.87. The van der Waals surface area contributed by atoms with Crippen LogP contribution in [-0.4, -0.2) is 106 Å². The van der Waals surface area contributed by atoms with Gasteiger partial charge in [0, 0.05) is 76.1 Å². The quantitative estimate of drug-likeness (QED) is 0.108. The number of benzene rings is 2. The van der Waals surface area contributed by atoms with Gasteiger partial charge in [-0.15, -0.1) is 0 Å². The van der Waals surface area contributed by atoms with E-state index >= 15 is 0 Å². The van der Waals surface area contributed by atoms with Gasteiger partial charge in [0.2, 0.25) is 11.2 Å². The number of aromatic nitrogens is 6. The molecule has 2 saturated heterocycles. The lowest BCUT2D eigenvalue weighted by atomic mass is 10.1. The van der Waals surface area contributed by atoms with Crippen molar-refractivity contribution >= 4 is 63.6 Å². The number of pyridine rings is 2. The minimum Gasteiger partial charge on any atom is -0.397 e. The molecule has 0 bridgehead atoms. The second-order valence-corrected chi connectivity index (χ2v) is 14.7. The Morgan fingerprint density at radius 1 is 0.590 bits per heavy atom. The zero-order valence-corrected chi connectivity index (χ0v) is 35.0. The zero-order chi connectivity index (χ0) is 42.8. The van der Waals surface area contributed by atoms with Gasteiger partial charge in [0.15, 0.2) is 0 Å². The number of likely N-dealkylation sites (N-methyl/N-ethyl adjacent to an activating group) is 2. The van der Waals surface area contributed by atoms with Gasteiger partial charge in [-0.2, -0.15) is 15.5 Å². The van der Waals surface area contributed by atoms with Gasteiger partial charge in [0.25, 0.3) is 0 Å². The number of hydrogen-bond donors (Lipinski definition) is 4. The molecule has 6 heterocycles. The largest absolute Gasteiger partial charge is 0.397 e. The van der Waals surface area contributed by atoms with Crippen LogP contribution in [0.1, 0.15) is 11.1 Å². The molecule has 6 aromatic rings. The van der Waals surface area contributed by atoms with E-state index in [2.05, 4.69) is 91.7 Å². The lowest BCUT2D eigenvalue weighted by Crippen LogP contribution is -2.44. The maximum absolute atomic E-state index is 8.87. The van der Waals surface area contributed by atoms with Gasteiger partial charge in [-0.1, -0.05) is 24.3 Å². The van der Waals surface area contributed by atoms with Gasteiger partial charge in [-0.05, 0) is 97.5 Å². The number of rotatable bonds is 10. The standard InChI is InChI=1S/C22H24N8.C12H9ClN4.C10H16N4/c1-29-11-13-30(14-12-29)21-6-5-19(16-25-21)27-22-24-10-8-20(28-22)26-18-4-2-3-17(15-18)7-9-23;13-12-15-7-5-11(17-12)16-10-3-1-2-9(8-10)4-6-14;1-13-4-6-14(7-5-13)10-3-2-9(11)8-12-10/h2-6,8,10,15-16H,7,11-14H2,1H3,(H2,24,26,27,28);1-3,5,7-8H,4H2,(H,15,16,17);2-3,8H,4-7,11H2,1H3. The molecular formula is C44H49ClN16. The van der Waals surface area contributed by atoms with Crippen molar-refractivity contribution in [3.05, 3.63) is 126 Å². The summed E-state index contributed by atoms with van der Waals surface area (Å²) in [5.41, 5.74) is 10.8.